The Morgan fingerprint density at radius 3 is 2.76 bits per heavy atom. The molecule has 17 heavy (non-hydrogen) atoms. The molecule has 0 aliphatic carbocycles. The second-order valence-corrected chi connectivity index (χ2v) is 4.96. The number of nitrogens with two attached hydrogens (primary N) is 1. The molecule has 3 heteroatoms. The van der Waals surface area contributed by atoms with E-state index in [1.54, 1.807) is 0 Å². The molecular weight excluding hydrogens is 210 g/mol. The molecule has 1 aromatic heterocycles. The second kappa shape index (κ2) is 6.01. The van der Waals surface area contributed by atoms with Crippen LogP contribution in [0.15, 0.2) is 24.4 Å². The summed E-state index contributed by atoms with van der Waals surface area (Å²) in [5.74, 6) is 1.81. The van der Waals surface area contributed by atoms with Crippen LogP contribution in [0.4, 0.5) is 5.82 Å². The average molecular weight is 233 g/mol. The Morgan fingerprint density at radius 2 is 2.18 bits per heavy atom. The molecule has 1 unspecified atom stereocenters. The highest BCUT2D eigenvalue weighted by Gasteiger charge is 2.24. The summed E-state index contributed by atoms with van der Waals surface area (Å²) in [5.41, 5.74) is 6.21. The SMILES string of the molecule is CCCC(N)C1CCN(c2ccccn2)CC1. The highest BCUT2D eigenvalue weighted by Crippen LogP contribution is 2.24. The summed E-state index contributed by atoms with van der Waals surface area (Å²) in [4.78, 5) is 6.77. The lowest BCUT2D eigenvalue weighted by atomic mass is 9.87. The van der Waals surface area contributed by atoms with Gasteiger partial charge >= 0.3 is 0 Å². The molecule has 0 saturated carbocycles. The highest BCUT2D eigenvalue weighted by atomic mass is 15.2. The van der Waals surface area contributed by atoms with Crippen molar-refractivity contribution < 1.29 is 0 Å². The van der Waals surface area contributed by atoms with Crippen molar-refractivity contribution in [3.05, 3.63) is 24.4 Å². The van der Waals surface area contributed by atoms with Crippen LogP contribution in [0, 0.1) is 5.92 Å². The predicted octanol–water partition coefficient (Wildman–Crippen LogP) is 2.43. The van der Waals surface area contributed by atoms with Crippen LogP contribution in [0.3, 0.4) is 0 Å². The van der Waals surface area contributed by atoms with Crippen molar-refractivity contribution in [3.63, 3.8) is 0 Å². The molecule has 1 fully saturated rings. The fourth-order valence-electron chi connectivity index (χ4n) is 2.67. The first kappa shape index (κ1) is 12.4. The van der Waals surface area contributed by atoms with Crippen molar-refractivity contribution in [1.82, 2.24) is 4.98 Å². The lowest BCUT2D eigenvalue weighted by molar-refractivity contribution is 0.325. The van der Waals surface area contributed by atoms with Gasteiger partial charge in [-0.15, -0.1) is 0 Å². The third-order valence-corrected chi connectivity index (χ3v) is 3.74. The number of nitrogens with zero attached hydrogens (tertiary/aromatic N) is 2. The van der Waals surface area contributed by atoms with E-state index in [0.717, 1.165) is 25.3 Å². The number of anilines is 1. The minimum absolute atomic E-state index is 0.394. The fraction of sp³-hybridized carbons (Fsp3) is 0.643. The van der Waals surface area contributed by atoms with Crippen molar-refractivity contribution in [3.8, 4) is 0 Å². The molecule has 94 valence electrons. The predicted molar refractivity (Wildman–Crippen MR) is 72.1 cm³/mol. The summed E-state index contributed by atoms with van der Waals surface area (Å²) in [7, 11) is 0. The maximum Gasteiger partial charge on any atom is 0.128 e. The summed E-state index contributed by atoms with van der Waals surface area (Å²) in [5, 5.41) is 0. The normalized spacial score (nSPS) is 19.3. The number of hydrogen-bond donors (Lipinski definition) is 1. The Balaban J connectivity index is 1.86. The van der Waals surface area contributed by atoms with Crippen LogP contribution in [-0.4, -0.2) is 24.1 Å². The van der Waals surface area contributed by atoms with Gasteiger partial charge in [0.2, 0.25) is 0 Å². The zero-order valence-electron chi connectivity index (χ0n) is 10.7. The van der Waals surface area contributed by atoms with Gasteiger partial charge < -0.3 is 10.6 Å². The topological polar surface area (TPSA) is 42.1 Å². The maximum atomic E-state index is 6.21. The van der Waals surface area contributed by atoms with Crippen LogP contribution in [0.2, 0.25) is 0 Å². The lowest BCUT2D eigenvalue weighted by Gasteiger charge is -2.35. The van der Waals surface area contributed by atoms with Crippen LogP contribution in [0.1, 0.15) is 32.6 Å². The van der Waals surface area contributed by atoms with Crippen molar-refractivity contribution >= 4 is 5.82 Å². The average Bonchev–Trinajstić information content (AvgIpc) is 2.40. The van der Waals surface area contributed by atoms with Gasteiger partial charge in [-0.2, -0.15) is 0 Å². The van der Waals surface area contributed by atoms with Gasteiger partial charge in [-0.25, -0.2) is 4.98 Å². The molecule has 2 rings (SSSR count). The van der Waals surface area contributed by atoms with Gasteiger partial charge in [0, 0.05) is 25.3 Å². The number of pyridine rings is 1. The second-order valence-electron chi connectivity index (χ2n) is 4.96. The third-order valence-electron chi connectivity index (χ3n) is 3.74. The van der Waals surface area contributed by atoms with E-state index in [2.05, 4.69) is 28.9 Å². The van der Waals surface area contributed by atoms with Crippen LogP contribution < -0.4 is 10.6 Å². The number of piperidine rings is 1. The van der Waals surface area contributed by atoms with E-state index in [1.165, 1.54) is 19.3 Å². The lowest BCUT2D eigenvalue weighted by Crippen LogP contribution is -2.41. The Kier molecular flexibility index (Phi) is 4.37. The molecule has 0 amide bonds. The van der Waals surface area contributed by atoms with Gasteiger partial charge in [0.25, 0.3) is 0 Å². The van der Waals surface area contributed by atoms with Gasteiger partial charge in [-0.05, 0) is 37.3 Å². The van der Waals surface area contributed by atoms with E-state index in [4.69, 9.17) is 5.73 Å². The van der Waals surface area contributed by atoms with Gasteiger partial charge in [0.05, 0.1) is 0 Å². The van der Waals surface area contributed by atoms with Crippen LogP contribution in [0.25, 0.3) is 0 Å². The first-order chi connectivity index (χ1) is 8.31. The number of hydrogen-bond acceptors (Lipinski definition) is 3. The van der Waals surface area contributed by atoms with Gasteiger partial charge in [0.15, 0.2) is 0 Å². The maximum absolute atomic E-state index is 6.21. The highest BCUT2D eigenvalue weighted by molar-refractivity contribution is 5.37. The van der Waals surface area contributed by atoms with Crippen LogP contribution >= 0.6 is 0 Å². The monoisotopic (exact) mass is 233 g/mol. The summed E-state index contributed by atoms with van der Waals surface area (Å²) in [6.45, 7) is 4.40. The standard InChI is InChI=1S/C14H23N3/c1-2-5-13(15)12-7-10-17(11-8-12)14-6-3-4-9-16-14/h3-4,6,9,12-13H,2,5,7-8,10-11,15H2,1H3. The molecule has 2 heterocycles. The molecule has 0 bridgehead atoms. The van der Waals surface area contributed by atoms with Crippen LogP contribution in [-0.2, 0) is 0 Å². The van der Waals surface area contributed by atoms with E-state index in [1.807, 2.05) is 12.3 Å². The first-order valence-corrected chi connectivity index (χ1v) is 6.73. The summed E-state index contributed by atoms with van der Waals surface area (Å²) >= 11 is 0. The van der Waals surface area contributed by atoms with E-state index in [-0.39, 0.29) is 0 Å². The Labute approximate surface area is 104 Å². The third kappa shape index (κ3) is 3.19. The van der Waals surface area contributed by atoms with E-state index >= 15 is 0 Å². The Hall–Kier alpha value is -1.09. The summed E-state index contributed by atoms with van der Waals surface area (Å²) in [6.07, 6.45) is 6.63. The molecule has 0 radical (unpaired) electrons. The molecule has 1 aliphatic heterocycles. The molecule has 1 atom stereocenters. The largest absolute Gasteiger partial charge is 0.357 e. The van der Waals surface area contributed by atoms with Gasteiger partial charge in [-0.3, -0.25) is 0 Å². The Morgan fingerprint density at radius 1 is 1.41 bits per heavy atom. The molecule has 0 aromatic carbocycles. The molecule has 2 N–H and O–H groups in total. The minimum Gasteiger partial charge on any atom is -0.357 e. The molecule has 0 spiro atoms. The van der Waals surface area contributed by atoms with Crippen LogP contribution in [0.5, 0.6) is 0 Å². The summed E-state index contributed by atoms with van der Waals surface area (Å²) in [6, 6.07) is 6.50. The Bertz CT molecular complexity index is 317. The molecule has 1 saturated heterocycles. The van der Waals surface area contributed by atoms with E-state index in [9.17, 15) is 0 Å². The summed E-state index contributed by atoms with van der Waals surface area (Å²) < 4.78 is 0. The zero-order chi connectivity index (χ0) is 12.1. The zero-order valence-corrected chi connectivity index (χ0v) is 10.7. The number of aromatic nitrogens is 1. The smallest absolute Gasteiger partial charge is 0.128 e. The van der Waals surface area contributed by atoms with Crippen molar-refractivity contribution in [2.45, 2.75) is 38.6 Å². The number of rotatable bonds is 4. The van der Waals surface area contributed by atoms with E-state index < -0.39 is 0 Å². The van der Waals surface area contributed by atoms with Crippen molar-refractivity contribution in [1.29, 1.82) is 0 Å². The fourth-order valence-corrected chi connectivity index (χ4v) is 2.67. The van der Waals surface area contributed by atoms with Gasteiger partial charge in [-0.1, -0.05) is 19.4 Å². The van der Waals surface area contributed by atoms with Crippen molar-refractivity contribution in [2.75, 3.05) is 18.0 Å². The quantitative estimate of drug-likeness (QED) is 0.868. The van der Waals surface area contributed by atoms with E-state index in [0.29, 0.717) is 12.0 Å². The molecular formula is C14H23N3. The molecule has 1 aliphatic rings. The minimum atomic E-state index is 0.394. The molecule has 1 aromatic rings. The first-order valence-electron chi connectivity index (χ1n) is 6.73. The van der Waals surface area contributed by atoms with Crippen molar-refractivity contribution in [2.24, 2.45) is 11.7 Å². The molecule has 3 nitrogen and oxygen atoms in total. The van der Waals surface area contributed by atoms with Gasteiger partial charge in [0.1, 0.15) is 5.82 Å².